The number of fused-ring (bicyclic) bond motifs is 1. The number of carbonyl (C=O) groups excluding carboxylic acids is 2. The molecule has 248 valence electrons. The fourth-order valence-corrected chi connectivity index (χ4v) is 6.90. The molecule has 48 heavy (non-hydrogen) atoms. The Labute approximate surface area is 282 Å². The highest BCUT2D eigenvalue weighted by atomic mass is 16.5. The van der Waals surface area contributed by atoms with Crippen LogP contribution in [0, 0.1) is 5.92 Å². The van der Waals surface area contributed by atoms with Crippen LogP contribution in [0.3, 0.4) is 0 Å². The summed E-state index contributed by atoms with van der Waals surface area (Å²) in [6, 6.07) is 34.5. The number of carbonyl (C=O) groups is 2. The van der Waals surface area contributed by atoms with E-state index in [1.807, 2.05) is 122 Å². The second kappa shape index (κ2) is 15.8. The lowest BCUT2D eigenvalue weighted by Gasteiger charge is -2.33. The summed E-state index contributed by atoms with van der Waals surface area (Å²) in [7, 11) is 0. The molecule has 7 heteroatoms. The van der Waals surface area contributed by atoms with Gasteiger partial charge in [-0.2, -0.15) is 0 Å². The summed E-state index contributed by atoms with van der Waals surface area (Å²) >= 11 is 0. The Balaban J connectivity index is 1.21. The van der Waals surface area contributed by atoms with E-state index in [1.54, 1.807) is 0 Å². The monoisotopic (exact) mass is 644 g/mol. The van der Waals surface area contributed by atoms with Gasteiger partial charge in [0, 0.05) is 23.2 Å². The molecule has 1 aromatic heterocycles. The van der Waals surface area contributed by atoms with Crippen LogP contribution < -0.4 is 10.1 Å². The summed E-state index contributed by atoms with van der Waals surface area (Å²) in [5.41, 5.74) is 4.30. The maximum Gasteiger partial charge on any atom is 0.418 e. The van der Waals surface area contributed by atoms with E-state index in [-0.39, 0.29) is 24.5 Å². The average Bonchev–Trinajstić information content (AvgIpc) is 3.49. The van der Waals surface area contributed by atoms with E-state index in [0.717, 1.165) is 59.7 Å². The number of nitrogens with one attached hydrogen (secondary N) is 1. The molecule has 1 heterocycles. The molecule has 0 saturated heterocycles. The largest absolute Gasteiger partial charge is 0.489 e. The molecule has 0 aliphatic heterocycles. The van der Waals surface area contributed by atoms with Crippen molar-refractivity contribution in [2.24, 2.45) is 5.92 Å². The maximum atomic E-state index is 14.2. The van der Waals surface area contributed by atoms with Gasteiger partial charge < -0.3 is 19.9 Å². The van der Waals surface area contributed by atoms with Crippen molar-refractivity contribution >= 4 is 22.9 Å². The molecule has 3 atom stereocenters. The van der Waals surface area contributed by atoms with E-state index in [9.17, 15) is 14.7 Å². The van der Waals surface area contributed by atoms with Gasteiger partial charge in [0.25, 0.3) is 0 Å². The Morgan fingerprint density at radius 2 is 1.44 bits per heavy atom. The summed E-state index contributed by atoms with van der Waals surface area (Å²) < 4.78 is 13.5. The number of hydrogen-bond donors (Lipinski definition) is 2. The minimum Gasteiger partial charge on any atom is -0.489 e. The van der Waals surface area contributed by atoms with E-state index < -0.39 is 18.1 Å². The topological polar surface area (TPSA) is 89.8 Å². The molecule has 4 aromatic carbocycles. The summed E-state index contributed by atoms with van der Waals surface area (Å²) in [5, 5.41) is 16.0. The van der Waals surface area contributed by atoms with Crippen molar-refractivity contribution in [1.82, 2.24) is 9.88 Å². The highest BCUT2D eigenvalue weighted by Crippen LogP contribution is 2.37. The first-order valence-electron chi connectivity index (χ1n) is 17.0. The Morgan fingerprint density at radius 1 is 0.812 bits per heavy atom. The van der Waals surface area contributed by atoms with Gasteiger partial charge in [-0.15, -0.1) is 0 Å². The van der Waals surface area contributed by atoms with Gasteiger partial charge in [0.2, 0.25) is 5.91 Å². The van der Waals surface area contributed by atoms with Crippen molar-refractivity contribution in [2.45, 2.75) is 76.7 Å². The Morgan fingerprint density at radius 3 is 2.17 bits per heavy atom. The quantitative estimate of drug-likeness (QED) is 0.143. The highest BCUT2D eigenvalue weighted by molar-refractivity contribution is 5.92. The lowest BCUT2D eigenvalue weighted by molar-refractivity contribution is -0.127. The van der Waals surface area contributed by atoms with Crippen molar-refractivity contribution < 1.29 is 24.2 Å². The summed E-state index contributed by atoms with van der Waals surface area (Å²) in [6.45, 7) is 2.49. The van der Waals surface area contributed by atoms with E-state index in [4.69, 9.17) is 9.47 Å². The number of ether oxygens (including phenoxy) is 2. The predicted molar refractivity (Wildman–Crippen MR) is 188 cm³/mol. The number of aromatic nitrogens is 1. The standard InChI is InChI=1S/C41H44N2O5/c1-29(25-33-26-43(36-23-13-11-21-34(33)36)41(46)48-28-31-17-7-3-8-18-31)42-40(45)38(39(44)32-19-9-4-10-20-32)35-22-12-14-24-37(35)47-27-30-15-5-2-6-16-30/h2-3,5-8,11-18,21-24,26,29,32,38-39,44H,4,9-10,19-20,25,27-28H2,1H3,(H,42,45)/t29-,38-,39-/m1/s1. The van der Waals surface area contributed by atoms with Crippen LogP contribution in [0.5, 0.6) is 5.75 Å². The number of para-hydroxylation sites is 2. The first kappa shape index (κ1) is 33.0. The summed E-state index contributed by atoms with van der Waals surface area (Å²) in [5.74, 6) is -0.396. The molecule has 2 N–H and O–H groups in total. The maximum absolute atomic E-state index is 14.2. The second-order valence-electron chi connectivity index (χ2n) is 12.9. The van der Waals surface area contributed by atoms with Gasteiger partial charge in [0.15, 0.2) is 0 Å². The third-order valence-electron chi connectivity index (χ3n) is 9.36. The molecule has 0 spiro atoms. The Hall–Kier alpha value is -4.88. The average molecular weight is 645 g/mol. The summed E-state index contributed by atoms with van der Waals surface area (Å²) in [6.07, 6.45) is 6.04. The molecule has 0 unspecified atom stereocenters. The van der Waals surface area contributed by atoms with E-state index >= 15 is 0 Å². The van der Waals surface area contributed by atoms with Crippen molar-refractivity contribution in [1.29, 1.82) is 0 Å². The van der Waals surface area contributed by atoms with Crippen LogP contribution in [0.15, 0.2) is 115 Å². The van der Waals surface area contributed by atoms with Gasteiger partial charge in [0.1, 0.15) is 19.0 Å². The third-order valence-corrected chi connectivity index (χ3v) is 9.36. The molecule has 6 rings (SSSR count). The van der Waals surface area contributed by atoms with Crippen LogP contribution in [0.25, 0.3) is 10.9 Å². The summed E-state index contributed by atoms with van der Waals surface area (Å²) in [4.78, 5) is 27.4. The highest BCUT2D eigenvalue weighted by Gasteiger charge is 2.37. The molecule has 1 saturated carbocycles. The number of nitrogens with zero attached hydrogens (tertiary/aromatic N) is 1. The second-order valence-corrected chi connectivity index (χ2v) is 12.9. The Kier molecular flexibility index (Phi) is 10.9. The zero-order valence-corrected chi connectivity index (χ0v) is 27.5. The first-order valence-corrected chi connectivity index (χ1v) is 17.0. The van der Waals surface area contributed by atoms with Crippen molar-refractivity contribution in [3.05, 3.63) is 138 Å². The molecular weight excluding hydrogens is 600 g/mol. The fourth-order valence-electron chi connectivity index (χ4n) is 6.90. The zero-order chi connectivity index (χ0) is 33.3. The normalized spacial score (nSPS) is 15.4. The molecule has 1 fully saturated rings. The van der Waals surface area contributed by atoms with Gasteiger partial charge in [0.05, 0.1) is 17.5 Å². The van der Waals surface area contributed by atoms with Crippen LogP contribution >= 0.6 is 0 Å². The van der Waals surface area contributed by atoms with E-state index in [0.29, 0.717) is 24.3 Å². The smallest absolute Gasteiger partial charge is 0.418 e. The number of hydrogen-bond acceptors (Lipinski definition) is 5. The minimum absolute atomic E-state index is 0.0341. The first-order chi connectivity index (χ1) is 23.5. The molecule has 0 radical (unpaired) electrons. The molecule has 1 aliphatic carbocycles. The number of amides is 1. The van der Waals surface area contributed by atoms with Gasteiger partial charge in [-0.25, -0.2) is 4.79 Å². The van der Waals surface area contributed by atoms with Gasteiger partial charge in [-0.1, -0.05) is 116 Å². The fraction of sp³-hybridized carbons (Fsp3) is 0.317. The molecule has 1 amide bonds. The van der Waals surface area contributed by atoms with Crippen LogP contribution in [-0.2, 0) is 29.2 Å². The number of aliphatic hydroxyl groups is 1. The molecule has 1 aliphatic rings. The zero-order valence-electron chi connectivity index (χ0n) is 27.5. The lowest BCUT2D eigenvalue weighted by Crippen LogP contribution is -2.43. The third kappa shape index (κ3) is 7.97. The van der Waals surface area contributed by atoms with Gasteiger partial charge in [-0.3, -0.25) is 9.36 Å². The van der Waals surface area contributed by atoms with Crippen LogP contribution in [0.4, 0.5) is 4.79 Å². The molecule has 0 bridgehead atoms. The number of aliphatic hydroxyl groups excluding tert-OH is 1. The van der Waals surface area contributed by atoms with Gasteiger partial charge in [-0.05, 0) is 60.9 Å². The van der Waals surface area contributed by atoms with Crippen molar-refractivity contribution in [2.75, 3.05) is 0 Å². The Bertz CT molecular complexity index is 1800. The number of benzene rings is 4. The van der Waals surface area contributed by atoms with Crippen molar-refractivity contribution in [3.8, 4) is 5.75 Å². The van der Waals surface area contributed by atoms with Crippen LogP contribution in [0.2, 0.25) is 0 Å². The van der Waals surface area contributed by atoms with Crippen LogP contribution in [-0.4, -0.2) is 33.8 Å². The van der Waals surface area contributed by atoms with E-state index in [1.165, 1.54) is 4.57 Å². The van der Waals surface area contributed by atoms with Crippen LogP contribution in [0.1, 0.15) is 67.2 Å². The lowest BCUT2D eigenvalue weighted by atomic mass is 9.77. The SMILES string of the molecule is C[C@H](Cc1cn(C(=O)OCc2ccccc2)c2ccccc12)NC(=O)[C@H](c1ccccc1OCc1ccccc1)[C@H](O)C1CCCCC1. The molecule has 5 aromatic rings. The number of rotatable bonds is 12. The van der Waals surface area contributed by atoms with E-state index in [2.05, 4.69) is 5.32 Å². The molecule has 7 nitrogen and oxygen atoms in total. The minimum atomic E-state index is -0.847. The van der Waals surface area contributed by atoms with Crippen molar-refractivity contribution in [3.63, 3.8) is 0 Å². The van der Waals surface area contributed by atoms with Gasteiger partial charge >= 0.3 is 6.09 Å². The predicted octanol–water partition coefficient (Wildman–Crippen LogP) is 8.18. The molecular formula is C41H44N2O5.